The highest BCUT2D eigenvalue weighted by molar-refractivity contribution is 5.31. The van der Waals surface area contributed by atoms with E-state index in [9.17, 15) is 0 Å². The molecule has 0 aromatic heterocycles. The Morgan fingerprint density at radius 2 is 2.00 bits per heavy atom. The van der Waals surface area contributed by atoms with Crippen LogP contribution in [-0.2, 0) is 11.2 Å². The lowest BCUT2D eigenvalue weighted by Crippen LogP contribution is -2.43. The molecule has 2 unspecified atom stereocenters. The molecule has 110 valence electrons. The Morgan fingerprint density at radius 3 is 2.80 bits per heavy atom. The van der Waals surface area contributed by atoms with Gasteiger partial charge in [0.1, 0.15) is 0 Å². The highest BCUT2D eigenvalue weighted by Crippen LogP contribution is 2.35. The Balaban J connectivity index is 1.72. The van der Waals surface area contributed by atoms with Gasteiger partial charge < -0.3 is 4.74 Å². The van der Waals surface area contributed by atoms with Crippen molar-refractivity contribution in [1.82, 2.24) is 5.43 Å². The first-order valence-corrected chi connectivity index (χ1v) is 8.04. The highest BCUT2D eigenvalue weighted by Gasteiger charge is 2.30. The molecule has 3 rings (SSSR count). The van der Waals surface area contributed by atoms with Crippen LogP contribution in [0.1, 0.15) is 55.8 Å². The van der Waals surface area contributed by atoms with Gasteiger partial charge in [-0.2, -0.15) is 0 Å². The summed E-state index contributed by atoms with van der Waals surface area (Å²) in [4.78, 5) is 0. The molecule has 2 aliphatic rings. The van der Waals surface area contributed by atoms with E-state index in [2.05, 4.69) is 29.7 Å². The number of ether oxygens (including phenoxy) is 1. The van der Waals surface area contributed by atoms with Gasteiger partial charge >= 0.3 is 0 Å². The van der Waals surface area contributed by atoms with E-state index >= 15 is 0 Å². The number of hydrazine groups is 1. The Hall–Kier alpha value is -0.900. The monoisotopic (exact) mass is 274 g/mol. The Kier molecular flexibility index (Phi) is 4.71. The summed E-state index contributed by atoms with van der Waals surface area (Å²) in [6.07, 6.45) is 9.14. The number of hydrogen-bond donors (Lipinski definition) is 2. The van der Waals surface area contributed by atoms with E-state index in [0.717, 1.165) is 25.4 Å². The van der Waals surface area contributed by atoms with E-state index in [4.69, 9.17) is 10.6 Å². The van der Waals surface area contributed by atoms with Gasteiger partial charge in [-0.1, -0.05) is 56.4 Å². The second-order valence-corrected chi connectivity index (χ2v) is 6.25. The summed E-state index contributed by atoms with van der Waals surface area (Å²) in [5.74, 6) is 6.66. The highest BCUT2D eigenvalue weighted by atomic mass is 16.5. The van der Waals surface area contributed by atoms with E-state index in [0.29, 0.717) is 0 Å². The second kappa shape index (κ2) is 6.70. The molecule has 1 aliphatic heterocycles. The first-order valence-electron chi connectivity index (χ1n) is 8.04. The SMILES string of the molecule is NNC(CC1CCCCC1)C1OCCc2ccccc21. The summed E-state index contributed by atoms with van der Waals surface area (Å²) in [6.45, 7) is 0.810. The minimum atomic E-state index is 0.117. The number of hydrogen-bond acceptors (Lipinski definition) is 3. The van der Waals surface area contributed by atoms with E-state index in [-0.39, 0.29) is 12.1 Å². The Labute approximate surface area is 121 Å². The van der Waals surface area contributed by atoms with Crippen LogP contribution >= 0.6 is 0 Å². The van der Waals surface area contributed by atoms with Crippen molar-refractivity contribution in [3.05, 3.63) is 35.4 Å². The maximum Gasteiger partial charge on any atom is 0.0994 e. The zero-order valence-corrected chi connectivity index (χ0v) is 12.2. The van der Waals surface area contributed by atoms with E-state index in [1.54, 1.807) is 0 Å². The maximum absolute atomic E-state index is 6.06. The van der Waals surface area contributed by atoms with E-state index in [1.165, 1.54) is 43.2 Å². The summed E-state index contributed by atoms with van der Waals surface area (Å²) in [6, 6.07) is 8.88. The molecule has 0 saturated heterocycles. The van der Waals surface area contributed by atoms with Gasteiger partial charge in [0.2, 0.25) is 0 Å². The standard InChI is InChI=1S/C17H26N2O/c18-19-16(12-13-6-2-1-3-7-13)17-15-9-5-4-8-14(15)10-11-20-17/h4-5,8-9,13,16-17,19H,1-3,6-7,10-12,18H2. The van der Waals surface area contributed by atoms with Crippen LogP contribution in [0.4, 0.5) is 0 Å². The molecule has 0 spiro atoms. The third-order valence-corrected chi connectivity index (χ3v) is 4.92. The minimum Gasteiger partial charge on any atom is -0.371 e. The number of fused-ring (bicyclic) bond motifs is 1. The summed E-state index contributed by atoms with van der Waals surface area (Å²) in [5.41, 5.74) is 5.79. The van der Waals surface area contributed by atoms with E-state index < -0.39 is 0 Å². The summed E-state index contributed by atoms with van der Waals surface area (Å²) in [5, 5.41) is 0. The quantitative estimate of drug-likeness (QED) is 0.655. The van der Waals surface area contributed by atoms with Gasteiger partial charge in [-0.25, -0.2) is 0 Å². The molecular weight excluding hydrogens is 248 g/mol. The van der Waals surface area contributed by atoms with Crippen molar-refractivity contribution in [3.8, 4) is 0 Å². The number of nitrogens with one attached hydrogen (secondary N) is 1. The molecule has 1 fully saturated rings. The summed E-state index contributed by atoms with van der Waals surface area (Å²) < 4.78 is 6.06. The zero-order chi connectivity index (χ0) is 13.8. The molecule has 2 atom stereocenters. The molecule has 1 aromatic rings. The maximum atomic E-state index is 6.06. The number of rotatable bonds is 4. The summed E-state index contributed by atoms with van der Waals surface area (Å²) in [7, 11) is 0. The molecule has 0 radical (unpaired) electrons. The first-order chi connectivity index (χ1) is 9.88. The lowest BCUT2D eigenvalue weighted by Gasteiger charge is -2.35. The third-order valence-electron chi connectivity index (χ3n) is 4.92. The smallest absolute Gasteiger partial charge is 0.0994 e. The van der Waals surface area contributed by atoms with Crippen LogP contribution in [-0.4, -0.2) is 12.6 Å². The average Bonchev–Trinajstić information content (AvgIpc) is 2.53. The van der Waals surface area contributed by atoms with E-state index in [1.807, 2.05) is 0 Å². The van der Waals surface area contributed by atoms with Gasteiger partial charge in [-0.15, -0.1) is 0 Å². The van der Waals surface area contributed by atoms with Crippen molar-refractivity contribution in [3.63, 3.8) is 0 Å². The lowest BCUT2D eigenvalue weighted by atomic mass is 9.82. The van der Waals surface area contributed by atoms with Crippen LogP contribution in [0.5, 0.6) is 0 Å². The molecule has 1 aromatic carbocycles. The predicted octanol–water partition coefficient (Wildman–Crippen LogP) is 3.10. The van der Waals surface area contributed by atoms with Crippen LogP contribution in [0.15, 0.2) is 24.3 Å². The fourth-order valence-electron chi connectivity index (χ4n) is 3.82. The van der Waals surface area contributed by atoms with Crippen LogP contribution in [0.25, 0.3) is 0 Å². The molecule has 1 saturated carbocycles. The first kappa shape index (κ1) is 14.1. The van der Waals surface area contributed by atoms with Gasteiger partial charge in [-0.05, 0) is 29.9 Å². The van der Waals surface area contributed by atoms with Crippen molar-refractivity contribution in [1.29, 1.82) is 0 Å². The third kappa shape index (κ3) is 3.05. The molecule has 20 heavy (non-hydrogen) atoms. The largest absolute Gasteiger partial charge is 0.371 e. The van der Waals surface area contributed by atoms with Crippen molar-refractivity contribution in [2.75, 3.05) is 6.61 Å². The Bertz CT molecular complexity index is 429. The lowest BCUT2D eigenvalue weighted by molar-refractivity contribution is 0.00775. The number of nitrogens with two attached hydrogens (primary N) is 1. The molecule has 0 bridgehead atoms. The molecule has 1 aliphatic carbocycles. The molecule has 1 heterocycles. The molecule has 3 N–H and O–H groups in total. The van der Waals surface area contributed by atoms with Crippen LogP contribution in [0, 0.1) is 5.92 Å². The summed E-state index contributed by atoms with van der Waals surface area (Å²) >= 11 is 0. The molecule has 3 heteroatoms. The van der Waals surface area contributed by atoms with Crippen molar-refractivity contribution < 1.29 is 4.74 Å². The average molecular weight is 274 g/mol. The van der Waals surface area contributed by atoms with Crippen molar-refractivity contribution in [2.24, 2.45) is 11.8 Å². The second-order valence-electron chi connectivity index (χ2n) is 6.25. The Morgan fingerprint density at radius 1 is 1.20 bits per heavy atom. The fraction of sp³-hybridized carbons (Fsp3) is 0.647. The van der Waals surface area contributed by atoms with Gasteiger partial charge in [0.25, 0.3) is 0 Å². The van der Waals surface area contributed by atoms with Gasteiger partial charge in [0.15, 0.2) is 0 Å². The van der Waals surface area contributed by atoms with Gasteiger partial charge in [0, 0.05) is 0 Å². The van der Waals surface area contributed by atoms with Gasteiger partial charge in [0.05, 0.1) is 18.8 Å². The minimum absolute atomic E-state index is 0.117. The zero-order valence-electron chi connectivity index (χ0n) is 12.2. The fourth-order valence-corrected chi connectivity index (χ4v) is 3.82. The normalized spacial score (nSPS) is 25.1. The van der Waals surface area contributed by atoms with Crippen molar-refractivity contribution >= 4 is 0 Å². The molecule has 0 amide bonds. The van der Waals surface area contributed by atoms with Crippen LogP contribution in [0.2, 0.25) is 0 Å². The van der Waals surface area contributed by atoms with Gasteiger partial charge in [-0.3, -0.25) is 11.3 Å². The molecular formula is C17H26N2O. The van der Waals surface area contributed by atoms with Crippen molar-refractivity contribution in [2.45, 2.75) is 57.1 Å². The topological polar surface area (TPSA) is 47.3 Å². The molecule has 3 nitrogen and oxygen atoms in total. The van der Waals surface area contributed by atoms with Crippen LogP contribution in [0.3, 0.4) is 0 Å². The van der Waals surface area contributed by atoms with Crippen LogP contribution < -0.4 is 11.3 Å². The number of benzene rings is 1. The predicted molar refractivity (Wildman–Crippen MR) is 81.1 cm³/mol.